The Morgan fingerprint density at radius 1 is 0.333 bits per heavy atom. The van der Waals surface area contributed by atoms with Crippen LogP contribution in [0.5, 0.6) is 0 Å². The third-order valence-corrected chi connectivity index (χ3v) is 12.8. The van der Waals surface area contributed by atoms with E-state index in [4.69, 9.17) is 23.8 Å². The Morgan fingerprint density at radius 2 is 0.921 bits per heavy atom. The van der Waals surface area contributed by atoms with Crippen LogP contribution in [0.1, 0.15) is 0 Å². The highest BCUT2D eigenvalue weighted by atomic mass is 16.3. The monoisotopic (exact) mass is 804 g/mol. The third-order valence-electron chi connectivity index (χ3n) is 12.8. The number of hydrogen-bond donors (Lipinski definition) is 0. The van der Waals surface area contributed by atoms with Gasteiger partial charge in [-0.3, -0.25) is 0 Å². The molecule has 0 saturated heterocycles. The number of rotatable bonds is 4. The highest BCUT2D eigenvalue weighted by molar-refractivity contribution is 6.23. The van der Waals surface area contributed by atoms with Gasteiger partial charge in [0.1, 0.15) is 22.3 Å². The van der Waals surface area contributed by atoms with Gasteiger partial charge in [0, 0.05) is 54.9 Å². The van der Waals surface area contributed by atoms with Crippen molar-refractivity contribution in [1.82, 2.24) is 19.5 Å². The molecule has 63 heavy (non-hydrogen) atoms. The molecule has 0 atom stereocenters. The van der Waals surface area contributed by atoms with Crippen molar-refractivity contribution < 1.29 is 8.83 Å². The molecule has 0 fully saturated rings. The van der Waals surface area contributed by atoms with Crippen molar-refractivity contribution in [3.8, 4) is 39.9 Å². The lowest BCUT2D eigenvalue weighted by Crippen LogP contribution is -2.00. The van der Waals surface area contributed by atoms with Crippen LogP contribution in [0.15, 0.2) is 203 Å². The van der Waals surface area contributed by atoms with Crippen LogP contribution in [0, 0.1) is 0 Å². The Labute approximate surface area is 358 Å². The Morgan fingerprint density at radius 3 is 1.65 bits per heavy atom. The normalized spacial score (nSPS) is 12.1. The summed E-state index contributed by atoms with van der Waals surface area (Å²) in [6.45, 7) is 0. The zero-order valence-corrected chi connectivity index (χ0v) is 33.6. The second-order valence-electron chi connectivity index (χ2n) is 16.3. The summed E-state index contributed by atoms with van der Waals surface area (Å²) in [5.74, 6) is 1.66. The van der Waals surface area contributed by atoms with Crippen LogP contribution in [0.2, 0.25) is 0 Å². The number of nitrogens with zero attached hydrogens (tertiary/aromatic N) is 4. The lowest BCUT2D eigenvalue weighted by atomic mass is 10.0. The quantitative estimate of drug-likeness (QED) is 0.177. The van der Waals surface area contributed by atoms with Crippen LogP contribution < -0.4 is 0 Å². The molecule has 0 bridgehead atoms. The zero-order chi connectivity index (χ0) is 41.2. The fourth-order valence-corrected chi connectivity index (χ4v) is 9.86. The molecule has 6 nitrogen and oxygen atoms in total. The van der Waals surface area contributed by atoms with E-state index >= 15 is 0 Å². The molecule has 0 aliphatic rings. The average molecular weight is 805 g/mol. The molecule has 0 N–H and O–H groups in total. The summed E-state index contributed by atoms with van der Waals surface area (Å²) < 4.78 is 15.8. The zero-order valence-electron chi connectivity index (χ0n) is 33.6. The molecule has 0 spiro atoms. The molecule has 14 rings (SSSR count). The van der Waals surface area contributed by atoms with Gasteiger partial charge in [-0.15, -0.1) is 0 Å². The maximum atomic E-state index is 6.95. The van der Waals surface area contributed by atoms with Crippen LogP contribution in [0.3, 0.4) is 0 Å². The molecular weight excluding hydrogens is 773 g/mol. The molecule has 14 aromatic rings. The summed E-state index contributed by atoms with van der Waals surface area (Å²) in [6, 6.07) is 68.1. The second kappa shape index (κ2) is 12.9. The lowest BCUT2D eigenvalue weighted by Gasteiger charge is -2.13. The molecule has 0 amide bonds. The minimum atomic E-state index is 0.538. The summed E-state index contributed by atoms with van der Waals surface area (Å²) in [4.78, 5) is 15.3. The Hall–Kier alpha value is -8.61. The Balaban J connectivity index is 0.997. The molecule has 10 aromatic carbocycles. The van der Waals surface area contributed by atoms with E-state index in [0.29, 0.717) is 17.5 Å². The van der Waals surface area contributed by atoms with Crippen molar-refractivity contribution in [3.63, 3.8) is 0 Å². The Bertz CT molecular complexity index is 4120. The molecule has 0 aliphatic heterocycles. The van der Waals surface area contributed by atoms with E-state index in [1.165, 1.54) is 32.3 Å². The van der Waals surface area contributed by atoms with Gasteiger partial charge in [-0.05, 0) is 75.5 Å². The molecule has 0 aliphatic carbocycles. The van der Waals surface area contributed by atoms with Crippen LogP contribution in [0.25, 0.3) is 138 Å². The van der Waals surface area contributed by atoms with Crippen molar-refractivity contribution in [2.75, 3.05) is 0 Å². The summed E-state index contributed by atoms with van der Waals surface area (Å²) in [5, 5.41) is 13.7. The molecule has 0 radical (unpaired) electrons. The first-order valence-corrected chi connectivity index (χ1v) is 21.2. The molecular formula is C57H32N4O2. The first-order chi connectivity index (χ1) is 31.2. The molecule has 292 valence electrons. The SMILES string of the molecule is c1ccc(-c2nc(-c3ccc4c(c3)oc3cc(-n5c6cc7ccccc7cc6c6cc7ccccc7cc65)c5ccccc5c34)nc(-c3cccc4c3oc3ccccc34)n2)cc1. The van der Waals surface area contributed by atoms with E-state index in [0.717, 1.165) is 88.1 Å². The van der Waals surface area contributed by atoms with Crippen LogP contribution >= 0.6 is 0 Å². The topological polar surface area (TPSA) is 69.9 Å². The van der Waals surface area contributed by atoms with Gasteiger partial charge in [-0.1, -0.05) is 140 Å². The largest absolute Gasteiger partial charge is 0.456 e. The maximum absolute atomic E-state index is 6.95. The molecule has 0 saturated carbocycles. The molecule has 4 heterocycles. The van der Waals surface area contributed by atoms with E-state index in [9.17, 15) is 0 Å². The number of fused-ring (bicyclic) bond motifs is 13. The van der Waals surface area contributed by atoms with Gasteiger partial charge in [0.15, 0.2) is 17.5 Å². The van der Waals surface area contributed by atoms with Gasteiger partial charge in [0.05, 0.1) is 22.3 Å². The summed E-state index contributed by atoms with van der Waals surface area (Å²) in [5.41, 5.74) is 9.03. The van der Waals surface area contributed by atoms with Gasteiger partial charge >= 0.3 is 0 Å². The second-order valence-corrected chi connectivity index (χ2v) is 16.3. The van der Waals surface area contributed by atoms with Gasteiger partial charge in [0.2, 0.25) is 0 Å². The van der Waals surface area contributed by atoms with Gasteiger partial charge in [-0.2, -0.15) is 0 Å². The van der Waals surface area contributed by atoms with Gasteiger partial charge in [0.25, 0.3) is 0 Å². The van der Waals surface area contributed by atoms with Gasteiger partial charge < -0.3 is 13.4 Å². The first-order valence-electron chi connectivity index (χ1n) is 21.2. The standard InChI is InChI=1S/C57H32N4O2/c1-2-13-33(14-3-1)55-58-56(60-57(59-55)44-23-12-22-42-40-20-10-11-24-50(40)63-54(42)44)38-25-26-43-51(31-38)62-52-32-49(39-19-8-9-21-41(39)53(43)52)61-47-29-36-17-6-4-15-34(36)27-45(47)46-28-35-16-5-7-18-37(35)30-48(46)61/h1-32H. The van der Waals surface area contributed by atoms with Crippen LogP contribution in [0.4, 0.5) is 0 Å². The van der Waals surface area contributed by atoms with E-state index < -0.39 is 0 Å². The minimum Gasteiger partial charge on any atom is -0.456 e. The van der Waals surface area contributed by atoms with E-state index in [-0.39, 0.29) is 0 Å². The number of furan rings is 2. The molecule has 6 heteroatoms. The van der Waals surface area contributed by atoms with Crippen LogP contribution in [-0.2, 0) is 0 Å². The molecule has 0 unspecified atom stereocenters. The lowest BCUT2D eigenvalue weighted by molar-refractivity contribution is 0.668. The van der Waals surface area contributed by atoms with Crippen molar-refractivity contribution in [2.45, 2.75) is 0 Å². The number of benzene rings is 10. The highest BCUT2D eigenvalue weighted by Crippen LogP contribution is 2.44. The summed E-state index contributed by atoms with van der Waals surface area (Å²) in [7, 11) is 0. The number of hydrogen-bond acceptors (Lipinski definition) is 5. The van der Waals surface area contributed by atoms with E-state index in [1.54, 1.807) is 0 Å². The number of para-hydroxylation sites is 2. The van der Waals surface area contributed by atoms with Crippen molar-refractivity contribution in [2.24, 2.45) is 0 Å². The maximum Gasteiger partial charge on any atom is 0.167 e. The average Bonchev–Trinajstić information content (AvgIpc) is 4.01. The minimum absolute atomic E-state index is 0.538. The fraction of sp³-hybridized carbons (Fsp3) is 0. The Kier molecular flexibility index (Phi) is 7.02. The van der Waals surface area contributed by atoms with Gasteiger partial charge in [-0.25, -0.2) is 15.0 Å². The number of aromatic nitrogens is 4. The smallest absolute Gasteiger partial charge is 0.167 e. The summed E-state index contributed by atoms with van der Waals surface area (Å²) in [6.07, 6.45) is 0. The fourth-order valence-electron chi connectivity index (χ4n) is 9.86. The van der Waals surface area contributed by atoms with E-state index in [1.807, 2.05) is 60.7 Å². The van der Waals surface area contributed by atoms with Crippen molar-refractivity contribution >= 4 is 98.0 Å². The molecule has 4 aromatic heterocycles. The summed E-state index contributed by atoms with van der Waals surface area (Å²) >= 11 is 0. The first kappa shape index (κ1) is 34.1. The predicted molar refractivity (Wildman–Crippen MR) is 258 cm³/mol. The van der Waals surface area contributed by atoms with Crippen molar-refractivity contribution in [1.29, 1.82) is 0 Å². The highest BCUT2D eigenvalue weighted by Gasteiger charge is 2.22. The van der Waals surface area contributed by atoms with Crippen molar-refractivity contribution in [3.05, 3.63) is 194 Å². The third kappa shape index (κ3) is 5.09. The predicted octanol–water partition coefficient (Wildman–Crippen LogP) is 15.2. The van der Waals surface area contributed by atoms with Crippen LogP contribution in [-0.4, -0.2) is 19.5 Å². The van der Waals surface area contributed by atoms with E-state index in [2.05, 4.69) is 138 Å².